The molecule has 2 amide bonds. The minimum absolute atomic E-state index is 0.00402. The molecule has 0 bridgehead atoms. The van der Waals surface area contributed by atoms with Gasteiger partial charge < -0.3 is 15.0 Å². The number of aryl methyl sites for hydroxylation is 1. The van der Waals surface area contributed by atoms with E-state index in [0.717, 1.165) is 0 Å². The van der Waals surface area contributed by atoms with E-state index in [0.29, 0.717) is 30.3 Å². The normalized spacial score (nSPS) is 10.6. The van der Waals surface area contributed by atoms with E-state index in [4.69, 9.17) is 16.3 Å². The Morgan fingerprint density at radius 2 is 2.00 bits per heavy atom. The zero-order valence-electron chi connectivity index (χ0n) is 19.1. The lowest BCUT2D eigenvalue weighted by Gasteiger charge is -2.15. The molecule has 0 saturated heterocycles. The summed E-state index contributed by atoms with van der Waals surface area (Å²) >= 11 is 7.15. The highest BCUT2D eigenvalue weighted by Crippen LogP contribution is 2.37. The maximum atomic E-state index is 15.0. The molecule has 2 N–H and O–H groups in total. The van der Waals surface area contributed by atoms with Crippen LogP contribution in [0.15, 0.2) is 24.3 Å². The van der Waals surface area contributed by atoms with Crippen LogP contribution in [-0.4, -0.2) is 54.2 Å². The second-order valence-electron chi connectivity index (χ2n) is 7.26. The third-order valence-electron chi connectivity index (χ3n) is 4.84. The molecule has 3 rings (SSSR count). The van der Waals surface area contributed by atoms with E-state index in [1.807, 2.05) is 4.90 Å². The monoisotopic (exact) mass is 506 g/mol. The topological polar surface area (TPSA) is 109 Å². The molecule has 0 unspecified atom stereocenters. The van der Waals surface area contributed by atoms with Crippen molar-refractivity contribution < 1.29 is 18.7 Å². The first-order valence-corrected chi connectivity index (χ1v) is 11.6. The molecule has 0 aliphatic heterocycles. The van der Waals surface area contributed by atoms with Crippen molar-refractivity contribution in [2.75, 3.05) is 37.5 Å². The summed E-state index contributed by atoms with van der Waals surface area (Å²) < 4.78 is 20.3. The number of anilines is 2. The Bertz CT molecular complexity index is 1210. The van der Waals surface area contributed by atoms with Crippen LogP contribution in [0, 0.1) is 12.7 Å². The number of benzene rings is 1. The van der Waals surface area contributed by atoms with Crippen LogP contribution in [0.1, 0.15) is 29.4 Å². The van der Waals surface area contributed by atoms with Gasteiger partial charge in [-0.15, -0.1) is 10.2 Å². The first-order valence-electron chi connectivity index (χ1n) is 10.4. The van der Waals surface area contributed by atoms with E-state index in [9.17, 15) is 14.0 Å². The van der Waals surface area contributed by atoms with E-state index in [2.05, 4.69) is 25.8 Å². The molecule has 0 fully saturated rings. The molecule has 2 aromatic heterocycles. The van der Waals surface area contributed by atoms with Gasteiger partial charge in [-0.3, -0.25) is 19.9 Å². The Morgan fingerprint density at radius 1 is 1.24 bits per heavy atom. The Labute approximate surface area is 205 Å². The molecule has 180 valence electrons. The predicted molar refractivity (Wildman–Crippen MR) is 130 cm³/mol. The van der Waals surface area contributed by atoms with Crippen LogP contribution in [0.4, 0.5) is 14.7 Å². The van der Waals surface area contributed by atoms with Gasteiger partial charge in [-0.25, -0.2) is 4.39 Å². The first-order chi connectivity index (χ1) is 16.2. The molecule has 0 aliphatic rings. The smallest absolute Gasteiger partial charge is 0.259 e. The van der Waals surface area contributed by atoms with Crippen LogP contribution in [0.25, 0.3) is 11.3 Å². The van der Waals surface area contributed by atoms with E-state index >= 15 is 0 Å². The second-order valence-corrected chi connectivity index (χ2v) is 8.62. The number of ether oxygens (including phenoxy) is 1. The number of rotatable bonds is 9. The number of aromatic nitrogens is 3. The molecule has 12 heteroatoms. The number of halogens is 2. The first kappa shape index (κ1) is 25.3. The summed E-state index contributed by atoms with van der Waals surface area (Å²) in [6, 6.07) is 6.10. The molecule has 0 aliphatic carbocycles. The van der Waals surface area contributed by atoms with Crippen molar-refractivity contribution in [2.24, 2.45) is 0 Å². The lowest BCUT2D eigenvalue weighted by Crippen LogP contribution is -2.32. The number of likely N-dealkylation sites (N-methyl/N-ethyl adjacent to an activating group) is 1. The fourth-order valence-corrected chi connectivity index (χ4v) is 3.91. The minimum atomic E-state index is -0.733. The van der Waals surface area contributed by atoms with Gasteiger partial charge in [0.25, 0.3) is 5.91 Å². The summed E-state index contributed by atoms with van der Waals surface area (Å²) in [6.45, 7) is 4.49. The summed E-state index contributed by atoms with van der Waals surface area (Å²) in [5.74, 6) is -1.11. The Kier molecular flexibility index (Phi) is 8.35. The van der Waals surface area contributed by atoms with Crippen molar-refractivity contribution >= 4 is 45.0 Å². The number of nitrogens with zero attached hydrogens (tertiary/aromatic N) is 4. The number of pyridine rings is 1. The van der Waals surface area contributed by atoms with Crippen molar-refractivity contribution in [1.82, 2.24) is 20.5 Å². The number of carbonyl (C=O) groups excluding carboxylic acids is 2. The van der Waals surface area contributed by atoms with Crippen LogP contribution >= 0.6 is 22.9 Å². The van der Waals surface area contributed by atoms with Gasteiger partial charge in [-0.05, 0) is 31.2 Å². The summed E-state index contributed by atoms with van der Waals surface area (Å²) in [6.07, 6.45) is 0.416. The van der Waals surface area contributed by atoms with Gasteiger partial charge in [0.1, 0.15) is 5.75 Å². The van der Waals surface area contributed by atoms with Crippen LogP contribution in [-0.2, 0) is 4.79 Å². The standard InChI is InChI=1S/C22H24ClFN6O3S/c1-5-16(31)25-10-11-30(3)22-29-28-21(34-22)27-20(32)13-7-6-12(2)26-19(13)17-15(33-4)9-8-14(23)18(17)24/h6-9H,5,10-11H2,1-4H3,(H,25,31)(H,27,28,32). The molecule has 2 heterocycles. The Balaban J connectivity index is 1.83. The Morgan fingerprint density at radius 3 is 2.71 bits per heavy atom. The van der Waals surface area contributed by atoms with Crippen molar-refractivity contribution in [3.05, 3.63) is 46.4 Å². The van der Waals surface area contributed by atoms with Gasteiger partial charge in [0, 0.05) is 32.3 Å². The molecule has 0 spiro atoms. The molecule has 0 saturated carbocycles. The highest BCUT2D eigenvalue weighted by Gasteiger charge is 2.24. The zero-order chi connectivity index (χ0) is 24.8. The molecular formula is C22H24ClFN6O3S. The summed E-state index contributed by atoms with van der Waals surface area (Å²) in [4.78, 5) is 30.7. The fourth-order valence-electron chi connectivity index (χ4n) is 3.02. The van der Waals surface area contributed by atoms with Gasteiger partial charge in [0.05, 0.1) is 29.0 Å². The van der Waals surface area contributed by atoms with Crippen molar-refractivity contribution in [1.29, 1.82) is 0 Å². The van der Waals surface area contributed by atoms with Gasteiger partial charge in [0.15, 0.2) is 5.82 Å². The van der Waals surface area contributed by atoms with Crippen LogP contribution in [0.3, 0.4) is 0 Å². The fraction of sp³-hybridized carbons (Fsp3) is 0.318. The highest BCUT2D eigenvalue weighted by molar-refractivity contribution is 7.19. The van der Waals surface area contributed by atoms with Gasteiger partial charge in [-0.1, -0.05) is 29.9 Å². The van der Waals surface area contributed by atoms with Crippen LogP contribution in [0.2, 0.25) is 5.02 Å². The van der Waals surface area contributed by atoms with Crippen molar-refractivity contribution in [2.45, 2.75) is 20.3 Å². The van der Waals surface area contributed by atoms with E-state index in [-0.39, 0.29) is 38.6 Å². The largest absolute Gasteiger partial charge is 0.496 e. The molecule has 3 aromatic rings. The number of carbonyl (C=O) groups is 2. The highest BCUT2D eigenvalue weighted by atomic mass is 35.5. The van der Waals surface area contributed by atoms with Gasteiger partial charge in [0.2, 0.25) is 16.2 Å². The van der Waals surface area contributed by atoms with E-state index in [1.165, 1.54) is 30.6 Å². The summed E-state index contributed by atoms with van der Waals surface area (Å²) in [7, 11) is 3.20. The number of hydrogen-bond acceptors (Lipinski definition) is 8. The predicted octanol–water partition coefficient (Wildman–Crippen LogP) is 3.92. The van der Waals surface area contributed by atoms with Crippen molar-refractivity contribution in [3.63, 3.8) is 0 Å². The van der Waals surface area contributed by atoms with E-state index < -0.39 is 11.7 Å². The molecule has 34 heavy (non-hydrogen) atoms. The van der Waals surface area contributed by atoms with E-state index in [1.54, 1.807) is 33.0 Å². The number of hydrogen-bond donors (Lipinski definition) is 2. The third kappa shape index (κ3) is 5.78. The average molecular weight is 507 g/mol. The molecule has 0 atom stereocenters. The average Bonchev–Trinajstić information content (AvgIpc) is 3.28. The van der Waals surface area contributed by atoms with Gasteiger partial charge in [-0.2, -0.15) is 0 Å². The lowest BCUT2D eigenvalue weighted by molar-refractivity contribution is -0.120. The molecule has 0 radical (unpaired) electrons. The molecule has 1 aromatic carbocycles. The minimum Gasteiger partial charge on any atom is -0.496 e. The summed E-state index contributed by atoms with van der Waals surface area (Å²) in [5, 5.41) is 14.3. The Hall–Kier alpha value is -3.31. The van der Waals surface area contributed by atoms with Crippen LogP contribution < -0.4 is 20.3 Å². The summed E-state index contributed by atoms with van der Waals surface area (Å²) in [5.41, 5.74) is 0.805. The number of nitrogens with one attached hydrogen (secondary N) is 2. The number of methoxy groups -OCH3 is 1. The number of amides is 2. The zero-order valence-corrected chi connectivity index (χ0v) is 20.7. The maximum absolute atomic E-state index is 15.0. The second kappa shape index (κ2) is 11.2. The third-order valence-corrected chi connectivity index (χ3v) is 6.09. The van der Waals surface area contributed by atoms with Crippen LogP contribution in [0.5, 0.6) is 5.75 Å². The van der Waals surface area contributed by atoms with Gasteiger partial charge >= 0.3 is 0 Å². The van der Waals surface area contributed by atoms with Crippen molar-refractivity contribution in [3.8, 4) is 17.0 Å². The lowest BCUT2D eigenvalue weighted by atomic mass is 10.0. The maximum Gasteiger partial charge on any atom is 0.259 e. The molecule has 9 nitrogen and oxygen atoms in total. The quantitative estimate of drug-likeness (QED) is 0.452. The molecular weight excluding hydrogens is 483 g/mol. The SMILES string of the molecule is CCC(=O)NCCN(C)c1nnc(NC(=O)c2ccc(C)nc2-c2c(OC)ccc(Cl)c2F)s1.